The number of amides is 2. The van der Waals surface area contributed by atoms with E-state index in [0.29, 0.717) is 6.42 Å². The van der Waals surface area contributed by atoms with Crippen LogP contribution in [-0.2, 0) is 9.59 Å². The van der Waals surface area contributed by atoms with Crippen LogP contribution in [0.1, 0.15) is 51.9 Å². The lowest BCUT2D eigenvalue weighted by Gasteiger charge is -2.25. The molecule has 1 unspecified atom stereocenters. The first kappa shape index (κ1) is 12.6. The van der Waals surface area contributed by atoms with Gasteiger partial charge in [0, 0.05) is 6.42 Å². The normalized spacial score (nSPS) is 26.4. The molecule has 1 spiro atoms. The number of nitrogens with zero attached hydrogens (tertiary/aromatic N) is 1. The average Bonchev–Trinajstić information content (AvgIpc) is 2.48. The third-order valence-corrected chi connectivity index (χ3v) is 4.00. The molecule has 1 saturated carbocycles. The summed E-state index contributed by atoms with van der Waals surface area (Å²) < 4.78 is 0. The molecule has 2 rings (SSSR count). The molecule has 0 bridgehead atoms. The van der Waals surface area contributed by atoms with Crippen molar-refractivity contribution in [1.29, 1.82) is 0 Å². The van der Waals surface area contributed by atoms with Gasteiger partial charge in [0.2, 0.25) is 11.8 Å². The molecule has 0 aromatic heterocycles. The van der Waals surface area contributed by atoms with E-state index in [1.54, 1.807) is 6.92 Å². The van der Waals surface area contributed by atoms with E-state index < -0.39 is 11.5 Å². The van der Waals surface area contributed by atoms with Gasteiger partial charge < -0.3 is 5.11 Å². The standard InChI is InChI=1S/C13H21NO3/c1-10(15)9-14-11(16)8-13(12(14)17)6-4-2-3-5-7-13/h10,15H,2-9H2,1H3. The summed E-state index contributed by atoms with van der Waals surface area (Å²) in [7, 11) is 0. The zero-order chi connectivity index (χ0) is 12.5. The highest BCUT2D eigenvalue weighted by molar-refractivity contribution is 6.05. The summed E-state index contributed by atoms with van der Waals surface area (Å²) in [4.78, 5) is 25.5. The molecule has 17 heavy (non-hydrogen) atoms. The zero-order valence-corrected chi connectivity index (χ0v) is 10.4. The second-order valence-corrected chi connectivity index (χ2v) is 5.53. The van der Waals surface area contributed by atoms with Gasteiger partial charge >= 0.3 is 0 Å². The van der Waals surface area contributed by atoms with Crippen LogP contribution in [0.15, 0.2) is 0 Å². The average molecular weight is 239 g/mol. The van der Waals surface area contributed by atoms with Gasteiger partial charge in [-0.1, -0.05) is 25.7 Å². The highest BCUT2D eigenvalue weighted by Gasteiger charge is 2.50. The molecule has 2 aliphatic rings. The number of aliphatic hydroxyl groups excluding tert-OH is 1. The van der Waals surface area contributed by atoms with Crippen LogP contribution in [0, 0.1) is 5.41 Å². The van der Waals surface area contributed by atoms with Gasteiger partial charge in [-0.25, -0.2) is 0 Å². The molecular weight excluding hydrogens is 218 g/mol. The van der Waals surface area contributed by atoms with Gasteiger partial charge in [-0.2, -0.15) is 0 Å². The van der Waals surface area contributed by atoms with Crippen LogP contribution >= 0.6 is 0 Å². The number of hydrogen-bond donors (Lipinski definition) is 1. The number of carbonyl (C=O) groups excluding carboxylic acids is 2. The summed E-state index contributed by atoms with van der Waals surface area (Å²) in [6.45, 7) is 1.76. The Morgan fingerprint density at radius 3 is 2.35 bits per heavy atom. The monoisotopic (exact) mass is 239 g/mol. The van der Waals surface area contributed by atoms with Crippen molar-refractivity contribution < 1.29 is 14.7 Å². The van der Waals surface area contributed by atoms with Crippen LogP contribution in [0.25, 0.3) is 0 Å². The first-order chi connectivity index (χ1) is 8.05. The Labute approximate surface area is 102 Å². The van der Waals surface area contributed by atoms with Gasteiger partial charge in [-0.05, 0) is 19.8 Å². The molecule has 1 atom stereocenters. The molecule has 0 aromatic carbocycles. The lowest BCUT2D eigenvalue weighted by atomic mass is 9.79. The van der Waals surface area contributed by atoms with Crippen LogP contribution in [0.2, 0.25) is 0 Å². The van der Waals surface area contributed by atoms with Gasteiger partial charge in [0.15, 0.2) is 0 Å². The van der Waals surface area contributed by atoms with Crippen LogP contribution in [0.3, 0.4) is 0 Å². The number of β-amino-alcohol motifs (C(OH)–C–C–N with tert-alkyl or cyclic N) is 1. The summed E-state index contributed by atoms with van der Waals surface area (Å²) in [5, 5.41) is 9.34. The SMILES string of the molecule is CC(O)CN1C(=O)CC2(CCCCCC2)C1=O. The van der Waals surface area contributed by atoms with Gasteiger partial charge in [-0.15, -0.1) is 0 Å². The largest absolute Gasteiger partial charge is 0.392 e. The summed E-state index contributed by atoms with van der Waals surface area (Å²) in [5.74, 6) is -0.136. The van der Waals surface area contributed by atoms with Crippen molar-refractivity contribution in [2.45, 2.75) is 58.0 Å². The second-order valence-electron chi connectivity index (χ2n) is 5.53. The number of hydrogen-bond acceptors (Lipinski definition) is 3. The molecule has 96 valence electrons. The maximum atomic E-state index is 12.4. The molecular formula is C13H21NO3. The molecule has 4 heteroatoms. The minimum absolute atomic E-state index is 0.0368. The van der Waals surface area contributed by atoms with Crippen LogP contribution < -0.4 is 0 Å². The summed E-state index contributed by atoms with van der Waals surface area (Å²) in [6, 6.07) is 0. The quantitative estimate of drug-likeness (QED) is 0.742. The van der Waals surface area contributed by atoms with Crippen LogP contribution in [0.5, 0.6) is 0 Å². The maximum absolute atomic E-state index is 12.4. The Hall–Kier alpha value is -0.900. The van der Waals surface area contributed by atoms with Crippen LogP contribution in [-0.4, -0.2) is 34.5 Å². The molecule has 1 aliphatic heterocycles. The summed E-state index contributed by atoms with van der Waals surface area (Å²) in [5.41, 5.74) is -0.428. The lowest BCUT2D eigenvalue weighted by Crippen LogP contribution is -2.39. The number of imide groups is 1. The van der Waals surface area contributed by atoms with Crippen molar-refractivity contribution in [3.8, 4) is 0 Å². The van der Waals surface area contributed by atoms with Gasteiger partial charge in [0.25, 0.3) is 0 Å². The molecule has 2 fully saturated rings. The molecule has 0 radical (unpaired) electrons. The van der Waals surface area contributed by atoms with E-state index in [1.807, 2.05) is 0 Å². The molecule has 0 aromatic rings. The number of likely N-dealkylation sites (tertiary alicyclic amines) is 1. The highest BCUT2D eigenvalue weighted by Crippen LogP contribution is 2.44. The fraction of sp³-hybridized carbons (Fsp3) is 0.846. The molecule has 1 saturated heterocycles. The van der Waals surface area contributed by atoms with Crippen molar-refractivity contribution in [3.05, 3.63) is 0 Å². The Balaban J connectivity index is 2.15. The van der Waals surface area contributed by atoms with E-state index in [2.05, 4.69) is 0 Å². The van der Waals surface area contributed by atoms with E-state index in [9.17, 15) is 14.7 Å². The Bertz CT molecular complexity index is 317. The van der Waals surface area contributed by atoms with E-state index in [-0.39, 0.29) is 18.4 Å². The number of aliphatic hydroxyl groups is 1. The van der Waals surface area contributed by atoms with E-state index >= 15 is 0 Å². The zero-order valence-electron chi connectivity index (χ0n) is 10.4. The predicted octanol–water partition coefficient (Wildman–Crippen LogP) is 1.47. The highest BCUT2D eigenvalue weighted by atomic mass is 16.3. The van der Waals surface area contributed by atoms with Crippen molar-refractivity contribution >= 4 is 11.8 Å². The topological polar surface area (TPSA) is 57.6 Å². The van der Waals surface area contributed by atoms with Gasteiger partial charge in [-0.3, -0.25) is 14.5 Å². The third-order valence-electron chi connectivity index (χ3n) is 4.00. The molecule has 1 heterocycles. The fourth-order valence-electron chi connectivity index (χ4n) is 3.10. The molecule has 1 N–H and O–H groups in total. The minimum atomic E-state index is -0.635. The van der Waals surface area contributed by atoms with Crippen molar-refractivity contribution in [2.24, 2.45) is 5.41 Å². The van der Waals surface area contributed by atoms with E-state index in [0.717, 1.165) is 25.7 Å². The van der Waals surface area contributed by atoms with Gasteiger partial charge in [0.1, 0.15) is 0 Å². The van der Waals surface area contributed by atoms with Crippen molar-refractivity contribution in [3.63, 3.8) is 0 Å². The first-order valence-electron chi connectivity index (χ1n) is 6.58. The number of rotatable bonds is 2. The Kier molecular flexibility index (Phi) is 3.52. The molecule has 1 aliphatic carbocycles. The van der Waals surface area contributed by atoms with E-state index in [1.165, 1.54) is 17.7 Å². The third kappa shape index (κ3) is 2.37. The lowest BCUT2D eigenvalue weighted by molar-refractivity contribution is -0.143. The van der Waals surface area contributed by atoms with Crippen LogP contribution in [0.4, 0.5) is 0 Å². The summed E-state index contributed by atoms with van der Waals surface area (Å²) in [6.07, 6.45) is 5.83. The maximum Gasteiger partial charge on any atom is 0.235 e. The van der Waals surface area contributed by atoms with Crippen molar-refractivity contribution in [1.82, 2.24) is 4.90 Å². The fourth-order valence-corrected chi connectivity index (χ4v) is 3.10. The van der Waals surface area contributed by atoms with Crippen molar-refractivity contribution in [2.75, 3.05) is 6.54 Å². The number of carbonyl (C=O) groups is 2. The predicted molar refractivity (Wildman–Crippen MR) is 63.2 cm³/mol. The first-order valence-corrected chi connectivity index (χ1v) is 6.58. The van der Waals surface area contributed by atoms with Gasteiger partial charge in [0.05, 0.1) is 18.1 Å². The Morgan fingerprint density at radius 1 is 1.24 bits per heavy atom. The molecule has 4 nitrogen and oxygen atoms in total. The van der Waals surface area contributed by atoms with E-state index in [4.69, 9.17) is 0 Å². The smallest absolute Gasteiger partial charge is 0.235 e. The molecule has 2 amide bonds. The summed E-state index contributed by atoms with van der Waals surface area (Å²) >= 11 is 0. The Morgan fingerprint density at radius 2 is 1.82 bits per heavy atom. The minimum Gasteiger partial charge on any atom is -0.392 e. The second kappa shape index (κ2) is 4.77.